The molecule has 5 N–H and O–H groups in total. The molecule has 0 unspecified atom stereocenters. The highest BCUT2D eigenvalue weighted by molar-refractivity contribution is 6.74. The highest BCUT2D eigenvalue weighted by atomic mass is 28.4. The van der Waals surface area contributed by atoms with Gasteiger partial charge in [0.15, 0.2) is 20.0 Å². The molecule has 23 heteroatoms. The average Bonchev–Trinajstić information content (AvgIpc) is 3.97. The number of amidine groups is 1. The number of amides is 1. The number of rotatable bonds is 10. The molecule has 9 rings (SSSR count). The van der Waals surface area contributed by atoms with E-state index in [1.165, 1.54) is 5.52 Å². The Kier molecular flexibility index (Phi) is 17.9. The first kappa shape index (κ1) is 57.1. The van der Waals surface area contributed by atoms with Crippen LogP contribution in [0.2, 0.25) is 18.1 Å². The van der Waals surface area contributed by atoms with Crippen LogP contribution in [0.4, 0.5) is 17.5 Å². The summed E-state index contributed by atoms with van der Waals surface area (Å²) >= 11 is 0. The first-order valence-electron chi connectivity index (χ1n) is 24.9. The number of benzene rings is 2. The van der Waals surface area contributed by atoms with E-state index < -0.39 is 26.5 Å². The fourth-order valence-electron chi connectivity index (χ4n) is 8.20. The van der Waals surface area contributed by atoms with E-state index in [-0.39, 0.29) is 10.9 Å². The highest BCUT2D eigenvalue weighted by Gasteiger charge is 2.40. The van der Waals surface area contributed by atoms with Crippen molar-refractivity contribution in [3.8, 4) is 5.82 Å². The molecule has 7 aromatic rings. The minimum absolute atomic E-state index is 0.0991. The van der Waals surface area contributed by atoms with Gasteiger partial charge in [-0.25, -0.2) is 40.7 Å². The number of hydrazine groups is 1. The fourth-order valence-corrected chi connectivity index (χ4v) is 9.54. The van der Waals surface area contributed by atoms with Crippen LogP contribution in [0.3, 0.4) is 0 Å². The van der Waals surface area contributed by atoms with Crippen LogP contribution in [-0.2, 0) is 28.1 Å². The maximum atomic E-state index is 11.9. The van der Waals surface area contributed by atoms with Crippen LogP contribution in [0.5, 0.6) is 0 Å². The number of carbonyl (C=O) groups excluding carboxylic acids is 1. The largest absolute Gasteiger partial charge is 0.481 e. The van der Waals surface area contributed by atoms with Crippen molar-refractivity contribution in [2.45, 2.75) is 111 Å². The number of nitrogen functional groups attached to an aromatic ring is 1. The van der Waals surface area contributed by atoms with Crippen LogP contribution in [-0.4, -0.2) is 141 Å². The van der Waals surface area contributed by atoms with E-state index in [9.17, 15) is 9.90 Å². The molecule has 0 bridgehead atoms. The van der Waals surface area contributed by atoms with Gasteiger partial charge >= 0.3 is 0 Å². The second-order valence-corrected chi connectivity index (χ2v) is 25.5. The van der Waals surface area contributed by atoms with Gasteiger partial charge in [0.05, 0.1) is 33.9 Å². The normalized spacial score (nSPS) is 14.9. The Bertz CT molecular complexity index is 3140. The predicted octanol–water partition coefficient (Wildman–Crippen LogP) is 6.77. The van der Waals surface area contributed by atoms with Crippen molar-refractivity contribution in [1.82, 2.24) is 58.7 Å². The summed E-state index contributed by atoms with van der Waals surface area (Å²) in [6, 6.07) is 20.2. The summed E-state index contributed by atoms with van der Waals surface area (Å²) < 4.78 is 12.0. The van der Waals surface area contributed by atoms with E-state index in [1.54, 1.807) is 25.5 Å². The second kappa shape index (κ2) is 23.6. The monoisotopic (exact) mass is 1050 g/mol. The van der Waals surface area contributed by atoms with Gasteiger partial charge < -0.3 is 43.9 Å². The molecular formula is C52H75N17O5Si. The number of anilines is 3. The minimum Gasteiger partial charge on any atom is -0.481 e. The number of carboxylic acid groups (broad SMARTS) is 1. The molecule has 0 spiro atoms. The molecule has 75 heavy (non-hydrogen) atoms. The van der Waals surface area contributed by atoms with Crippen molar-refractivity contribution >= 4 is 65.5 Å². The smallest absolute Gasteiger partial charge is 0.300 e. The van der Waals surface area contributed by atoms with E-state index in [1.807, 2.05) is 76.2 Å². The van der Waals surface area contributed by atoms with Crippen molar-refractivity contribution < 1.29 is 24.2 Å². The van der Waals surface area contributed by atoms with E-state index in [2.05, 4.69) is 132 Å². The van der Waals surface area contributed by atoms with E-state index >= 15 is 0 Å². The molecule has 2 aliphatic heterocycles. The standard InChI is InChI=1S/C21H24N8O.C16H19N7.C13H28N2O2Si.C2H4O2/c1-12(30)20-24-14(3)26-29(20)19-9-18(22-13(2)23-19)28-10-15(11-28)21-25-16-7-5-6-8-17(16)27(21)4;1-10-18-14(21-17)7-15(19-10)23-8-11(9-23)16-20-12-5-3-4-6-13(12)22(16)2;1-10(12(16)14-11(2)15(6)7)17-18(8,9)13(3,4)5;1-2(3)4/h5-9,12,15,30H,10-11H2,1-4H3;3-7,11H,8-9,17H2,1-2H3,(H,18,19,21);10H,1-9H3;1H3,(H,3,4)/t12-;;10-;/m0.0./s1. The molecule has 0 saturated carbocycles. The molecule has 0 radical (unpaired) electrons. The van der Waals surface area contributed by atoms with E-state index in [4.69, 9.17) is 30.1 Å². The lowest BCUT2D eigenvalue weighted by Gasteiger charge is -2.39. The van der Waals surface area contributed by atoms with Gasteiger partial charge in [0, 0.05) is 73.4 Å². The van der Waals surface area contributed by atoms with E-state index in [0.29, 0.717) is 52.6 Å². The maximum absolute atomic E-state index is 11.9. The van der Waals surface area contributed by atoms with Crippen LogP contribution in [0.15, 0.2) is 65.7 Å². The first-order valence-corrected chi connectivity index (χ1v) is 27.8. The molecule has 2 aliphatic rings. The Morgan fingerprint density at radius 1 is 0.760 bits per heavy atom. The zero-order valence-corrected chi connectivity index (χ0v) is 47.3. The van der Waals surface area contributed by atoms with Gasteiger partial charge in [0.25, 0.3) is 11.9 Å². The molecule has 2 fully saturated rings. The number of imidazole rings is 2. The Balaban J connectivity index is 0.000000182. The summed E-state index contributed by atoms with van der Waals surface area (Å²) in [5, 5.41) is 22.0. The number of nitrogens with two attached hydrogens (primary N) is 1. The number of nitrogens with one attached hydrogen (secondary N) is 1. The third-order valence-corrected chi connectivity index (χ3v) is 18.0. The van der Waals surface area contributed by atoms with Crippen molar-refractivity contribution in [2.24, 2.45) is 24.9 Å². The molecule has 402 valence electrons. The summed E-state index contributed by atoms with van der Waals surface area (Å²) in [4.78, 5) is 63.0. The van der Waals surface area contributed by atoms with Crippen LogP contribution in [0.1, 0.15) is 101 Å². The third-order valence-electron chi connectivity index (χ3n) is 13.4. The number of aliphatic hydroxyl groups excluding tert-OH is 1. The lowest BCUT2D eigenvalue weighted by atomic mass is 9.99. The topological polar surface area (TPSA) is 262 Å². The van der Waals surface area contributed by atoms with Crippen LogP contribution in [0.25, 0.3) is 27.9 Å². The molecule has 0 aliphatic carbocycles. The lowest BCUT2D eigenvalue weighted by molar-refractivity contribution is -0.134. The molecular weight excluding hydrogens is 971 g/mol. The van der Waals surface area contributed by atoms with Crippen LogP contribution >= 0.6 is 0 Å². The number of para-hydroxylation sites is 4. The van der Waals surface area contributed by atoms with E-state index in [0.717, 1.165) is 72.9 Å². The van der Waals surface area contributed by atoms with Gasteiger partial charge in [-0.3, -0.25) is 9.59 Å². The average molecular weight is 1050 g/mol. The zero-order valence-electron chi connectivity index (χ0n) is 46.3. The van der Waals surface area contributed by atoms with Crippen molar-refractivity contribution in [3.05, 3.63) is 95.6 Å². The SMILES string of the molecule is CC(=NC(=O)[C@H](C)O[Si](C)(C)C(C)(C)C)N(C)C.CC(=O)O.Cc1nc(N2CC(c3nc4ccccc4n3C)C2)cc(-n2nc(C)nc2[C@H](C)O)n1.Cc1nc(NN)cc(N2CC(c3nc4ccccc4n3C)C2)n1. The number of nitrogens with zero attached hydrogens (tertiary/aromatic N) is 15. The summed E-state index contributed by atoms with van der Waals surface area (Å²) in [6.07, 6.45) is -1.21. The number of aliphatic carboxylic acids is 1. The molecule has 2 saturated heterocycles. The van der Waals surface area contributed by atoms with Gasteiger partial charge in [0.1, 0.15) is 64.6 Å². The summed E-state index contributed by atoms with van der Waals surface area (Å²) in [5.41, 5.74) is 6.99. The fraction of sp³-hybridized carbons (Fsp3) is 0.481. The van der Waals surface area contributed by atoms with Gasteiger partial charge in [-0.05, 0) is 83.9 Å². The second-order valence-electron chi connectivity index (χ2n) is 20.7. The molecule has 2 aromatic carbocycles. The lowest BCUT2D eigenvalue weighted by Crippen LogP contribution is -2.46. The number of carboxylic acids is 1. The van der Waals surface area contributed by atoms with Crippen molar-refractivity contribution in [1.29, 1.82) is 0 Å². The summed E-state index contributed by atoms with van der Waals surface area (Å²) in [6.45, 7) is 26.1. The Morgan fingerprint density at radius 3 is 1.65 bits per heavy atom. The quantitative estimate of drug-likeness (QED) is 0.0362. The Morgan fingerprint density at radius 2 is 1.21 bits per heavy atom. The third kappa shape index (κ3) is 13.7. The molecule has 22 nitrogen and oxygen atoms in total. The predicted molar refractivity (Wildman–Crippen MR) is 296 cm³/mol. The van der Waals surface area contributed by atoms with Gasteiger partial charge in [-0.2, -0.15) is 9.67 Å². The van der Waals surface area contributed by atoms with Gasteiger partial charge in [-0.15, -0.1) is 5.10 Å². The van der Waals surface area contributed by atoms with Gasteiger partial charge in [-0.1, -0.05) is 45.0 Å². The van der Waals surface area contributed by atoms with Crippen molar-refractivity contribution in [3.63, 3.8) is 0 Å². The Labute approximate surface area is 440 Å². The molecule has 1 amide bonds. The Hall–Kier alpha value is -7.21. The van der Waals surface area contributed by atoms with Crippen molar-refractivity contribution in [2.75, 3.05) is 55.5 Å². The zero-order chi connectivity index (χ0) is 55.3. The molecule has 5 aromatic heterocycles. The summed E-state index contributed by atoms with van der Waals surface area (Å²) in [5.74, 6) is 13.5. The summed E-state index contributed by atoms with van der Waals surface area (Å²) in [7, 11) is 5.98. The number of aliphatic imine (C=N–C) groups is 1. The maximum Gasteiger partial charge on any atom is 0.300 e. The van der Waals surface area contributed by atoms with Gasteiger partial charge in [0.2, 0.25) is 0 Å². The molecule has 7 heterocycles. The van der Waals surface area contributed by atoms with Crippen LogP contribution < -0.4 is 21.1 Å². The number of aromatic nitrogens is 11. The number of hydrogen-bond donors (Lipinski definition) is 4. The molecule has 2 atom stereocenters. The number of aliphatic hydroxyl groups is 1. The minimum atomic E-state index is -1.91. The van der Waals surface area contributed by atoms with Crippen LogP contribution in [0, 0.1) is 20.8 Å². The number of hydrogen-bond acceptors (Lipinski definition) is 16. The number of carbonyl (C=O) groups is 2. The first-order chi connectivity index (χ1) is 35.2. The number of fused-ring (bicyclic) bond motifs is 2. The highest BCUT2D eigenvalue weighted by Crippen LogP contribution is 2.38. The number of aryl methyl sites for hydroxylation is 5.